The molecular formula is C18H21NO3S2. The average molecular weight is 364 g/mol. The van der Waals surface area contributed by atoms with Crippen LogP contribution in [-0.2, 0) is 16.0 Å². The first-order valence-corrected chi connectivity index (χ1v) is 9.20. The lowest BCUT2D eigenvalue weighted by molar-refractivity contribution is -0.147. The summed E-state index contributed by atoms with van der Waals surface area (Å²) < 4.78 is 0.309. The van der Waals surface area contributed by atoms with E-state index >= 15 is 0 Å². The number of nitrogens with zero attached hydrogens (tertiary/aromatic N) is 1. The number of carbonyl (C=O) groups is 2. The van der Waals surface area contributed by atoms with Crippen LogP contribution in [0.25, 0.3) is 6.08 Å². The number of aryl methyl sites for hydroxylation is 1. The van der Waals surface area contributed by atoms with E-state index in [0.717, 1.165) is 12.0 Å². The van der Waals surface area contributed by atoms with Crippen molar-refractivity contribution >= 4 is 46.3 Å². The Hall–Kier alpha value is -1.66. The number of rotatable bonds is 6. The van der Waals surface area contributed by atoms with Gasteiger partial charge in [0.1, 0.15) is 10.4 Å². The molecular weight excluding hydrogens is 342 g/mol. The zero-order valence-electron chi connectivity index (χ0n) is 14.0. The maximum absolute atomic E-state index is 12.7. The van der Waals surface area contributed by atoms with Crippen LogP contribution in [0.3, 0.4) is 0 Å². The number of carboxylic acid groups (broad SMARTS) is 1. The monoisotopic (exact) mass is 363 g/mol. The van der Waals surface area contributed by atoms with Gasteiger partial charge in [0.15, 0.2) is 0 Å². The normalized spacial score (nSPS) is 19.0. The van der Waals surface area contributed by atoms with E-state index in [-0.39, 0.29) is 11.8 Å². The number of carboxylic acids is 1. The van der Waals surface area contributed by atoms with E-state index in [4.69, 9.17) is 12.2 Å². The van der Waals surface area contributed by atoms with Gasteiger partial charge in [0, 0.05) is 0 Å². The van der Waals surface area contributed by atoms with Crippen LogP contribution < -0.4 is 0 Å². The van der Waals surface area contributed by atoms with Crippen molar-refractivity contribution in [3.05, 3.63) is 40.3 Å². The molecule has 0 radical (unpaired) electrons. The first-order chi connectivity index (χ1) is 11.4. The van der Waals surface area contributed by atoms with Gasteiger partial charge < -0.3 is 5.11 Å². The van der Waals surface area contributed by atoms with Crippen molar-refractivity contribution in [3.63, 3.8) is 0 Å². The van der Waals surface area contributed by atoms with Gasteiger partial charge in [-0.3, -0.25) is 9.69 Å². The highest BCUT2D eigenvalue weighted by atomic mass is 32.2. The molecule has 1 heterocycles. The Labute approximate surface area is 151 Å². The number of aliphatic carboxylic acids is 1. The zero-order chi connectivity index (χ0) is 17.9. The molecule has 1 aliphatic rings. The third kappa shape index (κ3) is 3.87. The molecule has 1 amide bonds. The lowest BCUT2D eigenvalue weighted by Crippen LogP contribution is -2.47. The first-order valence-electron chi connectivity index (χ1n) is 7.97. The third-order valence-electron chi connectivity index (χ3n) is 4.22. The second kappa shape index (κ2) is 7.94. The molecule has 0 aliphatic carbocycles. The van der Waals surface area contributed by atoms with Gasteiger partial charge in [0.05, 0.1) is 4.91 Å². The second-order valence-electron chi connectivity index (χ2n) is 5.82. The minimum atomic E-state index is -1.02. The minimum absolute atomic E-state index is 0.173. The maximum Gasteiger partial charge on any atom is 0.327 e. The molecule has 1 aromatic carbocycles. The number of hydrogen-bond acceptors (Lipinski definition) is 4. The summed E-state index contributed by atoms with van der Waals surface area (Å²) >= 11 is 6.44. The van der Waals surface area contributed by atoms with Crippen LogP contribution >= 0.6 is 24.0 Å². The van der Waals surface area contributed by atoms with Gasteiger partial charge >= 0.3 is 5.97 Å². The summed E-state index contributed by atoms with van der Waals surface area (Å²) in [6, 6.07) is 7.02. The zero-order valence-corrected chi connectivity index (χ0v) is 15.6. The average Bonchev–Trinajstić information content (AvgIpc) is 2.83. The predicted octanol–water partition coefficient (Wildman–Crippen LogP) is 3.95. The lowest BCUT2D eigenvalue weighted by atomic mass is 9.98. The molecule has 0 bridgehead atoms. The number of benzene rings is 1. The van der Waals surface area contributed by atoms with Gasteiger partial charge in [-0.1, -0.05) is 75.4 Å². The first kappa shape index (κ1) is 18.7. The summed E-state index contributed by atoms with van der Waals surface area (Å²) in [5.74, 6) is -1.51. The van der Waals surface area contributed by atoms with E-state index in [1.807, 2.05) is 38.1 Å². The predicted molar refractivity (Wildman–Crippen MR) is 102 cm³/mol. The maximum atomic E-state index is 12.7. The molecule has 1 saturated heterocycles. The number of thioether (sulfide) groups is 1. The Morgan fingerprint density at radius 3 is 2.46 bits per heavy atom. The van der Waals surface area contributed by atoms with Crippen molar-refractivity contribution in [2.75, 3.05) is 0 Å². The molecule has 2 rings (SSSR count). The molecule has 0 saturated carbocycles. The molecule has 0 unspecified atom stereocenters. The SMILES string of the molecule is CCc1ccc(/C=C2\SC(=S)N([C@@H](C(=O)O)[C@H](C)CC)C2=O)cc1. The van der Waals surface area contributed by atoms with Crippen LogP contribution in [0.4, 0.5) is 0 Å². The van der Waals surface area contributed by atoms with Gasteiger partial charge in [-0.25, -0.2) is 4.79 Å². The van der Waals surface area contributed by atoms with Crippen molar-refractivity contribution in [2.24, 2.45) is 5.92 Å². The van der Waals surface area contributed by atoms with Crippen molar-refractivity contribution < 1.29 is 14.7 Å². The fraction of sp³-hybridized carbons (Fsp3) is 0.389. The highest BCUT2D eigenvalue weighted by molar-refractivity contribution is 8.26. The highest BCUT2D eigenvalue weighted by Gasteiger charge is 2.42. The number of hydrogen-bond donors (Lipinski definition) is 1. The molecule has 6 heteroatoms. The number of amides is 1. The topological polar surface area (TPSA) is 57.6 Å². The highest BCUT2D eigenvalue weighted by Crippen LogP contribution is 2.36. The summed E-state index contributed by atoms with van der Waals surface area (Å²) in [5.41, 5.74) is 2.13. The second-order valence-corrected chi connectivity index (χ2v) is 7.49. The molecule has 1 aliphatic heterocycles. The largest absolute Gasteiger partial charge is 0.480 e. The van der Waals surface area contributed by atoms with Gasteiger partial charge in [0.25, 0.3) is 5.91 Å². The fourth-order valence-corrected chi connectivity index (χ4v) is 3.88. The van der Waals surface area contributed by atoms with Crippen molar-refractivity contribution in [3.8, 4) is 0 Å². The van der Waals surface area contributed by atoms with Crippen LogP contribution in [0.5, 0.6) is 0 Å². The molecule has 1 N–H and O–H groups in total. The molecule has 4 nitrogen and oxygen atoms in total. The Morgan fingerprint density at radius 1 is 1.33 bits per heavy atom. The number of thiocarbonyl (C=S) groups is 1. The van der Waals surface area contributed by atoms with E-state index in [1.165, 1.54) is 22.2 Å². The Kier molecular flexibility index (Phi) is 6.18. The summed E-state index contributed by atoms with van der Waals surface area (Å²) in [5, 5.41) is 9.52. The molecule has 0 spiro atoms. The molecule has 128 valence electrons. The van der Waals surface area contributed by atoms with Crippen molar-refractivity contribution in [1.82, 2.24) is 4.90 Å². The molecule has 2 atom stereocenters. The van der Waals surface area contributed by atoms with Gasteiger partial charge in [-0.2, -0.15) is 0 Å². The third-order valence-corrected chi connectivity index (χ3v) is 5.55. The van der Waals surface area contributed by atoms with Crippen LogP contribution in [-0.4, -0.2) is 32.2 Å². The quantitative estimate of drug-likeness (QED) is 0.613. The van der Waals surface area contributed by atoms with Crippen LogP contribution in [0, 0.1) is 5.92 Å². The Balaban J connectivity index is 2.29. The Bertz CT molecular complexity index is 682. The summed E-state index contributed by atoms with van der Waals surface area (Å²) in [7, 11) is 0. The molecule has 1 aromatic rings. The molecule has 1 fully saturated rings. The van der Waals surface area contributed by atoms with E-state index in [0.29, 0.717) is 15.6 Å². The van der Waals surface area contributed by atoms with Gasteiger partial charge in [0.2, 0.25) is 0 Å². The van der Waals surface area contributed by atoms with Crippen molar-refractivity contribution in [1.29, 1.82) is 0 Å². The summed E-state index contributed by atoms with van der Waals surface area (Å²) in [4.78, 5) is 26.1. The lowest BCUT2D eigenvalue weighted by Gasteiger charge is -2.27. The molecule has 0 aromatic heterocycles. The van der Waals surface area contributed by atoms with E-state index in [2.05, 4.69) is 6.92 Å². The number of carbonyl (C=O) groups excluding carboxylic acids is 1. The fourth-order valence-electron chi connectivity index (χ4n) is 2.55. The minimum Gasteiger partial charge on any atom is -0.480 e. The van der Waals surface area contributed by atoms with Crippen LogP contribution in [0.2, 0.25) is 0 Å². The van der Waals surface area contributed by atoms with E-state index < -0.39 is 12.0 Å². The van der Waals surface area contributed by atoms with E-state index in [9.17, 15) is 14.7 Å². The van der Waals surface area contributed by atoms with Crippen LogP contribution in [0.1, 0.15) is 38.3 Å². The standard InChI is InChI=1S/C18H21NO3S2/c1-4-11(3)15(17(21)22)19-16(20)14(24-18(19)23)10-13-8-6-12(5-2)7-9-13/h6-11,15H,4-5H2,1-3H3,(H,21,22)/b14-10-/t11-,15-/m1/s1. The van der Waals surface area contributed by atoms with Gasteiger partial charge in [-0.15, -0.1) is 0 Å². The smallest absolute Gasteiger partial charge is 0.327 e. The van der Waals surface area contributed by atoms with Crippen molar-refractivity contribution in [2.45, 2.75) is 39.7 Å². The van der Waals surface area contributed by atoms with Gasteiger partial charge in [-0.05, 0) is 29.5 Å². The molecule has 24 heavy (non-hydrogen) atoms. The summed E-state index contributed by atoms with van der Waals surface area (Å²) in [6.07, 6.45) is 3.39. The van der Waals surface area contributed by atoms with Crippen LogP contribution in [0.15, 0.2) is 29.2 Å². The van der Waals surface area contributed by atoms with E-state index in [1.54, 1.807) is 6.08 Å². The summed E-state index contributed by atoms with van der Waals surface area (Å²) in [6.45, 7) is 5.81. The Morgan fingerprint density at radius 2 is 1.96 bits per heavy atom.